The molecule has 0 radical (unpaired) electrons. The Morgan fingerprint density at radius 1 is 1.03 bits per heavy atom. The van der Waals surface area contributed by atoms with E-state index in [0.717, 1.165) is 18.4 Å². The van der Waals surface area contributed by atoms with Crippen molar-refractivity contribution in [3.8, 4) is 0 Å². The first-order valence-electron chi connectivity index (χ1n) is 9.99. The van der Waals surface area contributed by atoms with Gasteiger partial charge in [0.15, 0.2) is 0 Å². The number of carbonyl (C=O) groups is 4. The number of benzene rings is 1. The summed E-state index contributed by atoms with van der Waals surface area (Å²) in [6.07, 6.45) is 4.27. The van der Waals surface area contributed by atoms with E-state index in [1.54, 1.807) is 17.0 Å². The van der Waals surface area contributed by atoms with Crippen molar-refractivity contribution in [2.24, 2.45) is 11.7 Å². The molecular formula is C22H25N5O4. The van der Waals surface area contributed by atoms with Crippen LogP contribution in [0.1, 0.15) is 48.7 Å². The van der Waals surface area contributed by atoms with Crippen LogP contribution in [0.2, 0.25) is 0 Å². The van der Waals surface area contributed by atoms with Gasteiger partial charge in [0, 0.05) is 25.4 Å². The Labute approximate surface area is 180 Å². The zero-order chi connectivity index (χ0) is 22.5. The van der Waals surface area contributed by atoms with E-state index < -0.39 is 17.7 Å². The number of anilines is 2. The third-order valence-electron chi connectivity index (χ3n) is 5.17. The molecule has 4 N–H and O–H groups in total. The van der Waals surface area contributed by atoms with Gasteiger partial charge in [0.25, 0.3) is 0 Å². The molecule has 0 saturated carbocycles. The van der Waals surface area contributed by atoms with E-state index in [4.69, 9.17) is 5.73 Å². The number of nitrogens with two attached hydrogens (primary N) is 1. The first kappa shape index (κ1) is 21.9. The van der Waals surface area contributed by atoms with Crippen LogP contribution >= 0.6 is 0 Å². The number of amides is 4. The number of aromatic nitrogens is 1. The fourth-order valence-electron chi connectivity index (χ4n) is 3.67. The second-order valence-electron chi connectivity index (χ2n) is 7.74. The summed E-state index contributed by atoms with van der Waals surface area (Å²) < 4.78 is 0. The lowest BCUT2D eigenvalue weighted by atomic mass is 9.89. The van der Waals surface area contributed by atoms with Gasteiger partial charge >= 0.3 is 11.8 Å². The maximum atomic E-state index is 13.0. The van der Waals surface area contributed by atoms with Gasteiger partial charge in [-0.1, -0.05) is 19.1 Å². The summed E-state index contributed by atoms with van der Waals surface area (Å²) in [5.41, 5.74) is 7.14. The molecule has 1 aliphatic rings. The summed E-state index contributed by atoms with van der Waals surface area (Å²) in [6, 6.07) is 8.37. The van der Waals surface area contributed by atoms with E-state index in [2.05, 4.69) is 15.6 Å². The van der Waals surface area contributed by atoms with Crippen molar-refractivity contribution in [3.05, 3.63) is 53.9 Å². The van der Waals surface area contributed by atoms with Crippen molar-refractivity contribution in [2.45, 2.75) is 32.7 Å². The van der Waals surface area contributed by atoms with E-state index in [9.17, 15) is 19.2 Å². The zero-order valence-electron chi connectivity index (χ0n) is 17.4. The summed E-state index contributed by atoms with van der Waals surface area (Å²) in [7, 11) is 0. The molecule has 0 bridgehead atoms. The lowest BCUT2D eigenvalue weighted by Crippen LogP contribution is -2.46. The summed E-state index contributed by atoms with van der Waals surface area (Å²) in [5, 5.41) is 5.22. The smallest absolute Gasteiger partial charge is 0.313 e. The van der Waals surface area contributed by atoms with Gasteiger partial charge in [-0.05, 0) is 42.5 Å². The van der Waals surface area contributed by atoms with Crippen LogP contribution in [0.25, 0.3) is 0 Å². The lowest BCUT2D eigenvalue weighted by molar-refractivity contribution is -0.146. The van der Waals surface area contributed by atoms with E-state index in [1.807, 2.05) is 19.1 Å². The predicted octanol–water partition coefficient (Wildman–Crippen LogP) is 2.08. The molecule has 1 aromatic heterocycles. The molecule has 1 aromatic carbocycles. The quantitative estimate of drug-likeness (QED) is 0.647. The SMILES string of the molecule is CC(=O)Nc1ccc([C@@H]2CC[C@@H](C)CN2C(=O)C(=O)Nc2cncc(C(N)=O)c2)cc1. The molecule has 2 heterocycles. The molecule has 2 aromatic rings. The van der Waals surface area contributed by atoms with Crippen LogP contribution in [0.3, 0.4) is 0 Å². The second-order valence-corrected chi connectivity index (χ2v) is 7.74. The maximum Gasteiger partial charge on any atom is 0.313 e. The van der Waals surface area contributed by atoms with E-state index >= 15 is 0 Å². The van der Waals surface area contributed by atoms with Gasteiger partial charge in [0.1, 0.15) is 0 Å². The monoisotopic (exact) mass is 423 g/mol. The Morgan fingerprint density at radius 2 is 1.74 bits per heavy atom. The Bertz CT molecular complexity index is 1010. The van der Waals surface area contributed by atoms with Crippen LogP contribution in [-0.2, 0) is 14.4 Å². The molecule has 162 valence electrons. The van der Waals surface area contributed by atoms with Gasteiger partial charge < -0.3 is 21.3 Å². The van der Waals surface area contributed by atoms with Crippen LogP contribution in [0.15, 0.2) is 42.7 Å². The number of rotatable bonds is 4. The Hall–Kier alpha value is -3.75. The minimum atomic E-state index is -0.808. The van der Waals surface area contributed by atoms with Crippen molar-refractivity contribution >= 4 is 35.0 Å². The first-order valence-corrected chi connectivity index (χ1v) is 9.99. The van der Waals surface area contributed by atoms with E-state index in [1.165, 1.54) is 25.4 Å². The van der Waals surface area contributed by atoms with Gasteiger partial charge in [0.2, 0.25) is 11.8 Å². The Kier molecular flexibility index (Phi) is 6.64. The maximum absolute atomic E-state index is 13.0. The molecular weight excluding hydrogens is 398 g/mol. The average molecular weight is 423 g/mol. The molecule has 4 amide bonds. The number of carbonyl (C=O) groups excluding carboxylic acids is 4. The van der Waals surface area contributed by atoms with Crippen molar-refractivity contribution in [1.29, 1.82) is 0 Å². The van der Waals surface area contributed by atoms with Crippen molar-refractivity contribution in [3.63, 3.8) is 0 Å². The molecule has 9 heteroatoms. The van der Waals surface area contributed by atoms with Crippen LogP contribution in [0, 0.1) is 5.92 Å². The standard InChI is InChI=1S/C22H25N5O4/c1-13-3-8-19(15-4-6-17(7-5-15)25-14(2)28)27(12-13)22(31)21(30)26-18-9-16(20(23)29)10-24-11-18/h4-7,9-11,13,19H,3,8,12H2,1-2H3,(H2,23,29)(H,25,28)(H,26,30)/t13-,19+/m1/s1. The molecule has 9 nitrogen and oxygen atoms in total. The van der Waals surface area contributed by atoms with Crippen LogP contribution in [0.5, 0.6) is 0 Å². The Balaban J connectivity index is 1.77. The molecule has 1 aliphatic heterocycles. The predicted molar refractivity (Wildman–Crippen MR) is 115 cm³/mol. The molecule has 1 fully saturated rings. The zero-order valence-corrected chi connectivity index (χ0v) is 17.4. The summed E-state index contributed by atoms with van der Waals surface area (Å²) in [4.78, 5) is 53.6. The van der Waals surface area contributed by atoms with Gasteiger partial charge in [0.05, 0.1) is 23.5 Å². The van der Waals surface area contributed by atoms with E-state index in [0.29, 0.717) is 12.2 Å². The number of likely N-dealkylation sites (tertiary alicyclic amines) is 1. The third kappa shape index (κ3) is 5.44. The van der Waals surface area contributed by atoms with Crippen LogP contribution in [-0.4, -0.2) is 40.1 Å². The summed E-state index contributed by atoms with van der Waals surface area (Å²) in [6.45, 7) is 3.92. The Morgan fingerprint density at radius 3 is 2.39 bits per heavy atom. The number of nitrogens with zero attached hydrogens (tertiary/aromatic N) is 2. The number of primary amides is 1. The highest BCUT2D eigenvalue weighted by molar-refractivity contribution is 6.39. The van der Waals surface area contributed by atoms with Crippen LogP contribution in [0.4, 0.5) is 11.4 Å². The highest BCUT2D eigenvalue weighted by atomic mass is 16.2. The number of piperidine rings is 1. The molecule has 0 aliphatic carbocycles. The van der Waals surface area contributed by atoms with Crippen LogP contribution < -0.4 is 16.4 Å². The molecule has 0 unspecified atom stereocenters. The number of hydrogen-bond donors (Lipinski definition) is 3. The largest absolute Gasteiger partial charge is 0.366 e. The summed E-state index contributed by atoms with van der Waals surface area (Å²) >= 11 is 0. The fraction of sp³-hybridized carbons (Fsp3) is 0.318. The fourth-order valence-corrected chi connectivity index (χ4v) is 3.67. The van der Waals surface area contributed by atoms with Crippen molar-refractivity contribution in [1.82, 2.24) is 9.88 Å². The average Bonchev–Trinajstić information content (AvgIpc) is 2.73. The number of hydrogen-bond acceptors (Lipinski definition) is 5. The molecule has 1 saturated heterocycles. The lowest BCUT2D eigenvalue weighted by Gasteiger charge is -2.38. The van der Waals surface area contributed by atoms with Gasteiger partial charge in [-0.15, -0.1) is 0 Å². The topological polar surface area (TPSA) is 134 Å². The molecule has 31 heavy (non-hydrogen) atoms. The molecule has 2 atom stereocenters. The van der Waals surface area contributed by atoms with Crippen molar-refractivity contribution in [2.75, 3.05) is 17.2 Å². The van der Waals surface area contributed by atoms with Crippen molar-refractivity contribution < 1.29 is 19.2 Å². The molecule has 0 spiro atoms. The number of nitrogens with one attached hydrogen (secondary N) is 2. The minimum Gasteiger partial charge on any atom is -0.366 e. The minimum absolute atomic E-state index is 0.133. The van der Waals surface area contributed by atoms with Gasteiger partial charge in [-0.2, -0.15) is 0 Å². The van der Waals surface area contributed by atoms with Gasteiger partial charge in [-0.3, -0.25) is 24.2 Å². The summed E-state index contributed by atoms with van der Waals surface area (Å²) in [5.74, 6) is -2.05. The van der Waals surface area contributed by atoms with Gasteiger partial charge in [-0.25, -0.2) is 0 Å². The first-order chi connectivity index (χ1) is 14.7. The highest BCUT2D eigenvalue weighted by Gasteiger charge is 2.34. The van der Waals surface area contributed by atoms with E-state index in [-0.39, 0.29) is 29.1 Å². The third-order valence-corrected chi connectivity index (χ3v) is 5.17. The second kappa shape index (κ2) is 9.38. The highest BCUT2D eigenvalue weighted by Crippen LogP contribution is 2.34. The number of pyridine rings is 1. The normalized spacial score (nSPS) is 18.2. The molecule has 3 rings (SSSR count).